The number of rotatable bonds is 63. The summed E-state index contributed by atoms with van der Waals surface area (Å²) in [6, 6.07) is 35.4. The van der Waals surface area contributed by atoms with E-state index in [0.717, 1.165) is 85.2 Å². The number of carbonyl (C=O) groups is 1. The molecule has 4 aromatic carbocycles. The molecule has 0 atom stereocenters. The molecule has 6 N–H and O–H groups in total. The minimum atomic E-state index is -0.947. The average molecular weight is 1710 g/mol. The first-order chi connectivity index (χ1) is 58.1. The Kier molecular flexibility index (Phi) is 74.2. The highest BCUT2D eigenvalue weighted by molar-refractivity contribution is 5.81. The Hall–Kier alpha value is -5.04. The largest absolute Gasteiger partial charge is 0.870 e. The maximum atomic E-state index is 10.6. The molecule has 1 heterocycles. The third-order valence-corrected chi connectivity index (χ3v) is 23.0. The fourth-order valence-electron chi connectivity index (χ4n) is 15.3. The van der Waals surface area contributed by atoms with Crippen molar-refractivity contribution in [2.75, 3.05) is 152 Å². The smallest absolute Gasteiger partial charge is 0.138 e. The summed E-state index contributed by atoms with van der Waals surface area (Å²) >= 11 is 0. The third-order valence-electron chi connectivity index (χ3n) is 23.0. The van der Waals surface area contributed by atoms with Crippen LogP contribution in [0, 0.1) is 0 Å². The van der Waals surface area contributed by atoms with Gasteiger partial charge in [0.25, 0.3) is 0 Å². The minimum absolute atomic E-state index is 0. The number of ether oxygens (including phenoxy) is 3. The number of nitrogen functional groups attached to an aromatic ring is 1. The van der Waals surface area contributed by atoms with Crippen molar-refractivity contribution in [3.63, 3.8) is 0 Å². The van der Waals surface area contributed by atoms with Crippen LogP contribution in [0.1, 0.15) is 372 Å². The van der Waals surface area contributed by atoms with Gasteiger partial charge in [-0.1, -0.05) is 394 Å². The van der Waals surface area contributed by atoms with Crippen molar-refractivity contribution in [1.82, 2.24) is 19.8 Å². The van der Waals surface area contributed by atoms with Gasteiger partial charge in [-0.2, -0.15) is 0 Å². The van der Waals surface area contributed by atoms with Gasteiger partial charge in [0.1, 0.15) is 12.4 Å². The number of anilines is 1. The van der Waals surface area contributed by atoms with Gasteiger partial charge < -0.3 is 64.4 Å². The van der Waals surface area contributed by atoms with Gasteiger partial charge in [-0.25, -0.2) is 4.98 Å². The highest BCUT2D eigenvalue weighted by Crippen LogP contribution is 2.40. The highest BCUT2D eigenvalue weighted by Gasteiger charge is 2.29. The van der Waals surface area contributed by atoms with Gasteiger partial charge in [-0.3, -0.25) is 4.90 Å². The van der Waals surface area contributed by atoms with Gasteiger partial charge in [0, 0.05) is 55.7 Å². The number of aliphatic hydroxyl groups is 2. The Morgan fingerprint density at radius 3 is 1.06 bits per heavy atom. The lowest BCUT2D eigenvalue weighted by atomic mass is 9.74. The van der Waals surface area contributed by atoms with Gasteiger partial charge in [0.05, 0.1) is 104 Å². The van der Waals surface area contributed by atoms with E-state index in [4.69, 9.17) is 35.1 Å². The standard InChI is InChI=1S/C24H51N.C21H16N2.C18H31N.C16H33NO2.C16H36N.C12H27NO5.H2O/c1-4-7-10-13-16-19-22-25(23-20-17-14-11-8-5-2)24-21-18-15-12-9-6-3;1-4-10-16(11-5-1)19-20(17-12-6-2-7-13-17)23-21(22-19)18-14-8-3-9-15-18;1-16(2,3)12-10-13(17(4,5)6)15(19)14(11-12)18(7,8)9;1-4-5-6-7-8-9-10-11-12-13-14-17(2,3)15-16(18)19;1-5-9-13-17(14-10-6-2,15-11-7-3)16-12-8-4;1-16-8-2-3-13(4-9-17-11-6-14)5-10-18-12-7-15;/h4-24H2,1-3H3;1-15H,(H,22,23);10-11H,19H2,1-9H3;4-15H2,1-3H3;5-16H2,1-4H3;14-15H,2-12H2,1H3;1H2/q;;;;+1;;/p-1. The molecular weight excluding hydrogens is 1510 g/mol. The summed E-state index contributed by atoms with van der Waals surface area (Å²) in [5.74, 6) is -0.0552. The number of carboxylic acid groups (broad SMARTS) is 1. The molecule has 15 nitrogen and oxygen atoms in total. The number of aliphatic hydroxyl groups excluding tert-OH is 2. The minimum Gasteiger partial charge on any atom is -0.870 e. The quantitative estimate of drug-likeness (QED) is 0.0163. The SMILES string of the molecule is CC(C)(C)c1cc(C(C)(C)C)c(N)c(C(C)(C)C)c1.CCCCCCCCCCCC[N+](C)(C)CC(=O)[O-].CCCCCCCCN(CCCCCCCC)CCCCCCCC.CCCC[N+](CCCC)(CCCC)CCCC.COCCCN(CCOCCO)CCOCCO.[OH-].c1ccc(-c2nc(-c3ccccc3)c(-c3ccccc3)[nH]2)cc1. The van der Waals surface area contributed by atoms with Crippen LogP contribution in [0.15, 0.2) is 103 Å². The molecule has 0 amide bonds. The lowest BCUT2D eigenvalue weighted by molar-refractivity contribution is -0.929. The topological polar surface area (TPSA) is 199 Å². The fourth-order valence-corrected chi connectivity index (χ4v) is 15.3. The number of hydrogen-bond donors (Lipinski definition) is 4. The van der Waals surface area contributed by atoms with Crippen molar-refractivity contribution in [3.8, 4) is 33.9 Å². The monoisotopic (exact) mass is 1710 g/mol. The molecule has 706 valence electrons. The van der Waals surface area contributed by atoms with Crippen molar-refractivity contribution in [1.29, 1.82) is 0 Å². The van der Waals surface area contributed by atoms with Crippen LogP contribution < -0.4 is 10.8 Å². The number of carbonyl (C=O) groups excluding carboxylic acids is 1. The zero-order chi connectivity index (χ0) is 90.2. The predicted octanol–water partition coefficient (Wildman–Crippen LogP) is 25.8. The van der Waals surface area contributed by atoms with Crippen LogP contribution in [0.2, 0.25) is 0 Å². The molecule has 0 saturated carbocycles. The average Bonchev–Trinajstić information content (AvgIpc) is 0.979. The fraction of sp³-hybridized carbons (Fsp3) is 0.738. The number of aliphatic carboxylic acids is 1. The summed E-state index contributed by atoms with van der Waals surface area (Å²) in [7, 11) is 5.62. The number of aromatic nitrogens is 2. The van der Waals surface area contributed by atoms with Crippen molar-refractivity contribution < 1.29 is 48.8 Å². The first-order valence-electron chi connectivity index (χ1n) is 49.5. The first-order valence-corrected chi connectivity index (χ1v) is 49.5. The van der Waals surface area contributed by atoms with Crippen molar-refractivity contribution >= 4 is 11.7 Å². The van der Waals surface area contributed by atoms with E-state index in [1.165, 1.54) is 292 Å². The molecule has 15 heteroatoms. The van der Waals surface area contributed by atoms with Crippen LogP contribution in [0.25, 0.3) is 33.9 Å². The third kappa shape index (κ3) is 61.4. The van der Waals surface area contributed by atoms with Gasteiger partial charge >= 0.3 is 0 Å². The number of carboxylic acids is 1. The Morgan fingerprint density at radius 2 is 0.730 bits per heavy atom. The number of H-pyrrole nitrogens is 1. The second-order valence-corrected chi connectivity index (χ2v) is 38.2. The molecule has 0 unspecified atom stereocenters. The van der Waals surface area contributed by atoms with Crippen LogP contribution in [0.4, 0.5) is 5.69 Å². The number of quaternary nitrogens is 2. The number of methoxy groups -OCH3 is 1. The molecule has 0 bridgehead atoms. The van der Waals surface area contributed by atoms with Crippen LogP contribution >= 0.6 is 0 Å². The lowest BCUT2D eigenvalue weighted by Gasteiger charge is -2.39. The summed E-state index contributed by atoms with van der Waals surface area (Å²) in [4.78, 5) is 24.0. The number of benzene rings is 4. The zero-order valence-electron chi connectivity index (χ0n) is 83.1. The van der Waals surface area contributed by atoms with E-state index >= 15 is 0 Å². The van der Waals surface area contributed by atoms with Crippen LogP contribution in [-0.2, 0) is 35.3 Å². The van der Waals surface area contributed by atoms with Crippen LogP contribution in [-0.4, -0.2) is 196 Å². The summed E-state index contributed by atoms with van der Waals surface area (Å²) in [5.41, 5.74) is 17.0. The number of nitrogens with two attached hydrogens (primary N) is 1. The molecule has 0 aliphatic carbocycles. The molecule has 0 spiro atoms. The maximum Gasteiger partial charge on any atom is 0.138 e. The number of imidazole rings is 1. The Bertz CT molecular complexity index is 2930. The van der Waals surface area contributed by atoms with E-state index < -0.39 is 5.97 Å². The predicted molar refractivity (Wildman–Crippen MR) is 527 cm³/mol. The second-order valence-electron chi connectivity index (χ2n) is 38.2. The van der Waals surface area contributed by atoms with Crippen LogP contribution in [0.5, 0.6) is 0 Å². The van der Waals surface area contributed by atoms with Gasteiger partial charge in [0.2, 0.25) is 0 Å². The molecule has 5 rings (SSSR count). The molecule has 0 aliphatic heterocycles. The van der Waals surface area contributed by atoms with Gasteiger partial charge in [0.15, 0.2) is 0 Å². The van der Waals surface area contributed by atoms with Crippen LogP contribution in [0.3, 0.4) is 0 Å². The molecule has 0 aliphatic rings. The molecule has 0 radical (unpaired) electrons. The Morgan fingerprint density at radius 1 is 0.410 bits per heavy atom. The van der Waals surface area contributed by atoms with Crippen molar-refractivity contribution in [3.05, 3.63) is 120 Å². The number of nitrogens with zero attached hydrogens (tertiary/aromatic N) is 5. The molecule has 1 aromatic heterocycles. The lowest BCUT2D eigenvalue weighted by Crippen LogP contribution is -2.50. The number of likely N-dealkylation sites (N-methyl/N-ethyl adjacent to an activating group) is 1. The van der Waals surface area contributed by atoms with E-state index in [9.17, 15) is 9.90 Å². The van der Waals surface area contributed by atoms with E-state index in [2.05, 4.69) is 181 Å². The normalized spacial score (nSPS) is 11.7. The first kappa shape index (κ1) is 119. The van der Waals surface area contributed by atoms with E-state index in [-0.39, 0.29) is 41.5 Å². The molecule has 0 saturated heterocycles. The summed E-state index contributed by atoms with van der Waals surface area (Å²) in [6.07, 6.45) is 50.9. The second kappa shape index (κ2) is 76.0. The van der Waals surface area contributed by atoms with Gasteiger partial charge in [-0.05, 0) is 117 Å². The maximum absolute atomic E-state index is 10.6. The molecule has 5 aromatic rings. The molecule has 122 heavy (non-hydrogen) atoms. The van der Waals surface area contributed by atoms with E-state index in [0.29, 0.717) is 30.9 Å². The summed E-state index contributed by atoms with van der Waals surface area (Å²) in [6.45, 7) is 54.9. The number of unbranched alkanes of at least 4 members (excludes halogenated alkanes) is 28. The number of aromatic amines is 1. The van der Waals surface area contributed by atoms with E-state index in [1.807, 2.05) is 68.7 Å². The Labute approximate surface area is 752 Å². The summed E-state index contributed by atoms with van der Waals surface area (Å²) in [5, 5.41) is 27.8. The van der Waals surface area contributed by atoms with E-state index in [1.54, 1.807) is 7.11 Å². The highest BCUT2D eigenvalue weighted by atomic mass is 16.5. The van der Waals surface area contributed by atoms with Crippen molar-refractivity contribution in [2.45, 2.75) is 372 Å². The molecular formula is C107H195N7O8. The summed E-state index contributed by atoms with van der Waals surface area (Å²) < 4.78 is 17.5. The Balaban J connectivity index is 0. The number of nitrogens with one attached hydrogen (secondary N) is 1. The molecule has 0 fully saturated rings. The zero-order valence-corrected chi connectivity index (χ0v) is 83.1. The van der Waals surface area contributed by atoms with Crippen molar-refractivity contribution in [2.24, 2.45) is 0 Å². The van der Waals surface area contributed by atoms with Gasteiger partial charge in [-0.15, -0.1) is 0 Å². The number of hydrogen-bond acceptors (Lipinski definition) is 12.